The molecule has 4 nitrogen and oxygen atoms in total. The van der Waals surface area contributed by atoms with Crippen molar-refractivity contribution in [3.05, 3.63) is 59.7 Å². The van der Waals surface area contributed by atoms with Crippen LogP contribution in [0.25, 0.3) is 0 Å². The number of hydrogen-bond donors (Lipinski definition) is 2. The molecule has 0 heterocycles. The van der Waals surface area contributed by atoms with E-state index >= 15 is 0 Å². The van der Waals surface area contributed by atoms with Crippen molar-refractivity contribution in [3.8, 4) is 5.75 Å². The largest absolute Gasteiger partial charge is 0.506 e. The molecule has 0 aliphatic carbocycles. The van der Waals surface area contributed by atoms with E-state index in [1.807, 2.05) is 63.2 Å². The Morgan fingerprint density at radius 1 is 1.17 bits per heavy atom. The smallest absolute Gasteiger partial charge is 0.313 e. The summed E-state index contributed by atoms with van der Waals surface area (Å²) in [5, 5.41) is 13.4. The first kappa shape index (κ1) is 16.9. The fourth-order valence-electron chi connectivity index (χ4n) is 2.63. The van der Waals surface area contributed by atoms with Crippen LogP contribution in [0.1, 0.15) is 31.0 Å². The fraction of sp³-hybridized carbons (Fsp3) is 0.316. The molecule has 0 unspecified atom stereocenters. The van der Waals surface area contributed by atoms with E-state index in [4.69, 9.17) is 4.74 Å². The Bertz CT molecular complexity index is 680. The number of benzene rings is 2. The summed E-state index contributed by atoms with van der Waals surface area (Å²) in [5.41, 5.74) is 1.75. The Morgan fingerprint density at radius 3 is 2.43 bits per heavy atom. The maximum atomic E-state index is 12.3. The van der Waals surface area contributed by atoms with E-state index in [-0.39, 0.29) is 17.8 Å². The van der Waals surface area contributed by atoms with Crippen LogP contribution in [-0.4, -0.2) is 18.2 Å². The van der Waals surface area contributed by atoms with E-state index < -0.39 is 5.41 Å². The number of phenols is 1. The van der Waals surface area contributed by atoms with E-state index in [2.05, 4.69) is 5.32 Å². The second-order valence-corrected chi connectivity index (χ2v) is 6.22. The van der Waals surface area contributed by atoms with Gasteiger partial charge in [0.2, 0.25) is 0 Å². The highest BCUT2D eigenvalue weighted by Gasteiger charge is 2.39. The first-order chi connectivity index (χ1) is 10.9. The molecule has 0 saturated heterocycles. The minimum Gasteiger partial charge on any atom is -0.506 e. The zero-order valence-corrected chi connectivity index (χ0v) is 14.0. The minimum atomic E-state index is -0.813. The van der Waals surface area contributed by atoms with Crippen LogP contribution in [0.15, 0.2) is 48.5 Å². The molecule has 0 spiro atoms. The minimum absolute atomic E-state index is 0.150. The van der Waals surface area contributed by atoms with Crippen molar-refractivity contribution in [1.82, 2.24) is 0 Å². The van der Waals surface area contributed by atoms with Gasteiger partial charge in [-0.15, -0.1) is 0 Å². The lowest BCUT2D eigenvalue weighted by Gasteiger charge is -2.33. The lowest BCUT2D eigenvalue weighted by Crippen LogP contribution is -2.36. The normalized spacial score (nSPS) is 12.5. The molecule has 0 fully saturated rings. The van der Waals surface area contributed by atoms with Crippen molar-refractivity contribution in [2.75, 3.05) is 12.4 Å². The van der Waals surface area contributed by atoms with Gasteiger partial charge in [-0.2, -0.15) is 0 Å². The molecule has 0 bridgehead atoms. The number of methoxy groups -OCH3 is 1. The van der Waals surface area contributed by atoms with Gasteiger partial charge < -0.3 is 15.2 Å². The van der Waals surface area contributed by atoms with E-state index in [0.717, 1.165) is 11.1 Å². The predicted octanol–water partition coefficient (Wildman–Crippen LogP) is 4.05. The topological polar surface area (TPSA) is 58.6 Å². The first-order valence-corrected chi connectivity index (χ1v) is 7.55. The second kappa shape index (κ2) is 6.73. The number of aromatic hydroxyl groups is 1. The highest BCUT2D eigenvalue weighted by atomic mass is 16.5. The van der Waals surface area contributed by atoms with Crippen LogP contribution in [-0.2, 0) is 9.53 Å². The van der Waals surface area contributed by atoms with Crippen LogP contribution < -0.4 is 5.32 Å². The number of rotatable bonds is 5. The zero-order chi connectivity index (χ0) is 17.0. The Kier molecular flexibility index (Phi) is 4.94. The Balaban J connectivity index is 2.46. The third kappa shape index (κ3) is 3.65. The van der Waals surface area contributed by atoms with Gasteiger partial charge in [-0.05, 0) is 44.0 Å². The van der Waals surface area contributed by atoms with Crippen LogP contribution in [0, 0.1) is 12.3 Å². The molecular weight excluding hydrogens is 290 g/mol. The predicted molar refractivity (Wildman–Crippen MR) is 91.4 cm³/mol. The number of aryl methyl sites for hydroxylation is 1. The summed E-state index contributed by atoms with van der Waals surface area (Å²) in [6.45, 7) is 5.61. The van der Waals surface area contributed by atoms with Crippen LogP contribution in [0.4, 0.5) is 5.69 Å². The van der Waals surface area contributed by atoms with Crippen LogP contribution in [0.3, 0.4) is 0 Å². The standard InChI is InChI=1S/C19H23NO3/c1-13-10-11-16(21)15(12-13)20-17(14-8-6-5-7-9-14)19(2,3)18(22)23-4/h5-12,17,20-21H,1-4H3/t17-/m1/s1. The van der Waals surface area contributed by atoms with Gasteiger partial charge in [0.1, 0.15) is 5.75 Å². The highest BCUT2D eigenvalue weighted by molar-refractivity contribution is 5.78. The Hall–Kier alpha value is -2.49. The molecule has 0 aliphatic rings. The summed E-state index contributed by atoms with van der Waals surface area (Å²) < 4.78 is 4.97. The van der Waals surface area contributed by atoms with E-state index in [1.165, 1.54) is 7.11 Å². The van der Waals surface area contributed by atoms with Gasteiger partial charge in [0.15, 0.2) is 0 Å². The number of carbonyl (C=O) groups is 1. The molecule has 2 aromatic carbocycles. The van der Waals surface area contributed by atoms with E-state index in [9.17, 15) is 9.90 Å². The van der Waals surface area contributed by atoms with Crippen molar-refractivity contribution in [1.29, 1.82) is 0 Å². The van der Waals surface area contributed by atoms with E-state index in [1.54, 1.807) is 6.07 Å². The van der Waals surface area contributed by atoms with Crippen LogP contribution in [0.5, 0.6) is 5.75 Å². The second-order valence-electron chi connectivity index (χ2n) is 6.22. The van der Waals surface area contributed by atoms with Gasteiger partial charge in [0, 0.05) is 0 Å². The van der Waals surface area contributed by atoms with Gasteiger partial charge in [0.25, 0.3) is 0 Å². The summed E-state index contributed by atoms with van der Waals surface area (Å²) in [5.74, 6) is -0.164. The number of anilines is 1. The highest BCUT2D eigenvalue weighted by Crippen LogP contribution is 2.39. The van der Waals surface area contributed by atoms with E-state index in [0.29, 0.717) is 5.69 Å². The van der Waals surface area contributed by atoms with Crippen LogP contribution >= 0.6 is 0 Å². The number of esters is 1. The van der Waals surface area contributed by atoms with Crippen molar-refractivity contribution in [3.63, 3.8) is 0 Å². The quantitative estimate of drug-likeness (QED) is 0.646. The number of hydrogen-bond acceptors (Lipinski definition) is 4. The average Bonchev–Trinajstić information content (AvgIpc) is 2.55. The van der Waals surface area contributed by atoms with Crippen molar-refractivity contribution < 1.29 is 14.6 Å². The lowest BCUT2D eigenvalue weighted by molar-refractivity contribution is -0.151. The molecule has 0 saturated carbocycles. The SMILES string of the molecule is COC(=O)C(C)(C)[C@H](Nc1cc(C)ccc1O)c1ccccc1. The van der Waals surface area contributed by atoms with Crippen LogP contribution in [0.2, 0.25) is 0 Å². The first-order valence-electron chi connectivity index (χ1n) is 7.55. The molecule has 2 aromatic rings. The molecule has 2 N–H and O–H groups in total. The molecule has 4 heteroatoms. The average molecular weight is 313 g/mol. The summed E-state index contributed by atoms with van der Waals surface area (Å²) in [7, 11) is 1.39. The molecule has 0 radical (unpaired) electrons. The molecule has 0 aliphatic heterocycles. The van der Waals surface area contributed by atoms with Crippen molar-refractivity contribution in [2.24, 2.45) is 5.41 Å². The number of carbonyl (C=O) groups excluding carboxylic acids is 1. The summed E-state index contributed by atoms with van der Waals surface area (Å²) in [6.07, 6.45) is 0. The maximum Gasteiger partial charge on any atom is 0.313 e. The molecule has 0 aromatic heterocycles. The number of nitrogens with one attached hydrogen (secondary N) is 1. The zero-order valence-electron chi connectivity index (χ0n) is 14.0. The molecule has 122 valence electrons. The van der Waals surface area contributed by atoms with Gasteiger partial charge in [0.05, 0.1) is 24.3 Å². The fourth-order valence-corrected chi connectivity index (χ4v) is 2.63. The van der Waals surface area contributed by atoms with Gasteiger partial charge >= 0.3 is 5.97 Å². The molecule has 2 rings (SSSR count). The maximum absolute atomic E-state index is 12.3. The van der Waals surface area contributed by atoms with Gasteiger partial charge in [-0.3, -0.25) is 4.79 Å². The summed E-state index contributed by atoms with van der Waals surface area (Å²) >= 11 is 0. The molecule has 1 atom stereocenters. The molecular formula is C19H23NO3. The Labute approximate surface area is 137 Å². The number of ether oxygens (including phenoxy) is 1. The lowest BCUT2D eigenvalue weighted by atomic mass is 9.80. The monoisotopic (exact) mass is 313 g/mol. The van der Waals surface area contributed by atoms with Crippen molar-refractivity contribution in [2.45, 2.75) is 26.8 Å². The number of phenolic OH excluding ortho intramolecular Hbond substituents is 1. The molecule has 23 heavy (non-hydrogen) atoms. The summed E-state index contributed by atoms with van der Waals surface area (Å²) in [4.78, 5) is 12.3. The van der Waals surface area contributed by atoms with Gasteiger partial charge in [-0.1, -0.05) is 36.4 Å². The third-order valence-corrected chi connectivity index (χ3v) is 4.02. The molecule has 0 amide bonds. The Morgan fingerprint density at radius 2 is 1.83 bits per heavy atom. The van der Waals surface area contributed by atoms with Gasteiger partial charge in [-0.25, -0.2) is 0 Å². The van der Waals surface area contributed by atoms with Crippen molar-refractivity contribution >= 4 is 11.7 Å². The summed E-state index contributed by atoms with van der Waals surface area (Å²) in [6, 6.07) is 14.7. The third-order valence-electron chi connectivity index (χ3n) is 4.02.